The van der Waals surface area contributed by atoms with Gasteiger partial charge in [0.05, 0.1) is 42.5 Å². The number of ether oxygens (including phenoxy) is 1. The molecule has 0 spiro atoms. The van der Waals surface area contributed by atoms with Crippen molar-refractivity contribution in [2.45, 2.75) is 18.1 Å². The number of phenols is 1. The Labute approximate surface area is 248 Å². The first-order valence-corrected chi connectivity index (χ1v) is 13.5. The van der Waals surface area contributed by atoms with E-state index in [0.29, 0.717) is 22.2 Å². The van der Waals surface area contributed by atoms with Crippen molar-refractivity contribution in [1.29, 1.82) is 0 Å². The number of nitrogens with two attached hydrogens (primary N) is 1. The Hall–Kier alpha value is -5.34. The van der Waals surface area contributed by atoms with Gasteiger partial charge in [-0.05, 0) is 54.1 Å². The summed E-state index contributed by atoms with van der Waals surface area (Å²) < 4.78 is 40.8. The molecule has 44 heavy (non-hydrogen) atoms. The standard InChI is InChI=1S/C30H26F2N6O6/c31-18-6-8-19(9-7-18)38-15-22(32)27(35-38)37-11-12-43-25(29(37)41)30(42,16-34-28(40)20-3-1-2-4-23(20)39)14-17-5-10-21-24(13-17)44-36-26(21)33/h1-10,13,15,25,39,42H,11-12,14,16H2,(H2,33,36)(H,34,40)/t25-,30?/m0/s1. The summed E-state index contributed by atoms with van der Waals surface area (Å²) in [6.45, 7) is -0.656. The average molecular weight is 605 g/mol. The molecule has 3 aromatic carbocycles. The number of nitrogens with one attached hydrogen (secondary N) is 1. The van der Waals surface area contributed by atoms with Gasteiger partial charge in [0.2, 0.25) is 0 Å². The summed E-state index contributed by atoms with van der Waals surface area (Å²) >= 11 is 0. The van der Waals surface area contributed by atoms with Gasteiger partial charge < -0.3 is 30.5 Å². The first-order chi connectivity index (χ1) is 21.1. The monoisotopic (exact) mass is 604 g/mol. The fraction of sp³-hybridized carbons (Fsp3) is 0.200. The second-order valence-electron chi connectivity index (χ2n) is 10.3. The lowest BCUT2D eigenvalue weighted by atomic mass is 9.86. The summed E-state index contributed by atoms with van der Waals surface area (Å²) in [5, 5.41) is 33.3. The topological polar surface area (TPSA) is 169 Å². The highest BCUT2D eigenvalue weighted by Gasteiger charge is 2.48. The molecule has 5 N–H and O–H groups in total. The molecule has 2 atom stereocenters. The molecule has 0 radical (unpaired) electrons. The average Bonchev–Trinajstić information content (AvgIpc) is 3.58. The van der Waals surface area contributed by atoms with Crippen LogP contribution in [0.5, 0.6) is 5.75 Å². The molecule has 1 unspecified atom stereocenters. The molecular formula is C30H26F2N6O6. The number of nitrogens with zero attached hydrogens (tertiary/aromatic N) is 4. The van der Waals surface area contributed by atoms with Crippen molar-refractivity contribution in [1.82, 2.24) is 20.3 Å². The molecule has 1 aliphatic heterocycles. The quantitative estimate of drug-likeness (QED) is 0.208. The second-order valence-corrected chi connectivity index (χ2v) is 10.3. The first-order valence-electron chi connectivity index (χ1n) is 13.5. The fourth-order valence-corrected chi connectivity index (χ4v) is 5.14. The van der Waals surface area contributed by atoms with Gasteiger partial charge in [-0.2, -0.15) is 0 Å². The third kappa shape index (κ3) is 5.43. The van der Waals surface area contributed by atoms with Crippen molar-refractivity contribution < 1.29 is 37.8 Å². The van der Waals surface area contributed by atoms with Gasteiger partial charge in [0.15, 0.2) is 29.1 Å². The number of hydrogen-bond acceptors (Lipinski definition) is 9. The Balaban J connectivity index is 1.31. The van der Waals surface area contributed by atoms with Crippen molar-refractivity contribution in [3.63, 3.8) is 0 Å². The van der Waals surface area contributed by atoms with Gasteiger partial charge in [-0.3, -0.25) is 14.5 Å². The number of carbonyl (C=O) groups is 2. The van der Waals surface area contributed by atoms with E-state index in [4.69, 9.17) is 15.0 Å². The summed E-state index contributed by atoms with van der Waals surface area (Å²) in [5.74, 6) is -3.22. The summed E-state index contributed by atoms with van der Waals surface area (Å²) in [6.07, 6.45) is -0.745. The van der Waals surface area contributed by atoms with Crippen molar-refractivity contribution >= 4 is 34.4 Å². The Morgan fingerprint density at radius 2 is 1.91 bits per heavy atom. The third-order valence-corrected chi connectivity index (χ3v) is 7.35. The minimum Gasteiger partial charge on any atom is -0.507 e. The number of phenolic OH excluding ortho intramolecular Hbond substituents is 1. The number of aromatic nitrogens is 3. The maximum Gasteiger partial charge on any atom is 0.260 e. The largest absolute Gasteiger partial charge is 0.507 e. The van der Waals surface area contributed by atoms with E-state index in [2.05, 4.69) is 15.6 Å². The van der Waals surface area contributed by atoms with Gasteiger partial charge in [-0.15, -0.1) is 5.10 Å². The number of carbonyl (C=O) groups excluding carboxylic acids is 2. The molecule has 1 fully saturated rings. The number of anilines is 2. The van der Waals surface area contributed by atoms with Crippen LogP contribution in [0.4, 0.5) is 20.4 Å². The first kappa shape index (κ1) is 28.8. The Morgan fingerprint density at radius 3 is 2.68 bits per heavy atom. The summed E-state index contributed by atoms with van der Waals surface area (Å²) in [5.41, 5.74) is 4.89. The van der Waals surface area contributed by atoms with Crippen LogP contribution < -0.4 is 16.0 Å². The molecule has 3 heterocycles. The maximum absolute atomic E-state index is 15.2. The lowest BCUT2D eigenvalue weighted by molar-refractivity contribution is -0.157. The maximum atomic E-state index is 15.2. The minimum atomic E-state index is -2.08. The second kappa shape index (κ2) is 11.4. The molecule has 14 heteroatoms. The molecule has 12 nitrogen and oxygen atoms in total. The number of aliphatic hydroxyl groups is 1. The van der Waals surface area contributed by atoms with Gasteiger partial charge in [-0.25, -0.2) is 13.5 Å². The molecular weight excluding hydrogens is 578 g/mol. The number of nitrogen functional groups attached to an aromatic ring is 1. The van der Waals surface area contributed by atoms with Crippen molar-refractivity contribution in [3.05, 3.63) is 95.7 Å². The van der Waals surface area contributed by atoms with E-state index < -0.39 is 41.7 Å². The number of rotatable bonds is 8. The number of benzene rings is 3. The predicted octanol–water partition coefficient (Wildman–Crippen LogP) is 2.72. The summed E-state index contributed by atoms with van der Waals surface area (Å²) in [7, 11) is 0. The van der Waals surface area contributed by atoms with Crippen LogP contribution in [0, 0.1) is 11.6 Å². The molecule has 0 saturated carbocycles. The van der Waals surface area contributed by atoms with Crippen LogP contribution in [-0.2, 0) is 16.0 Å². The number of amides is 2. The molecule has 6 rings (SSSR count). The molecule has 5 aromatic rings. The van der Waals surface area contributed by atoms with Crippen LogP contribution >= 0.6 is 0 Å². The highest BCUT2D eigenvalue weighted by Crippen LogP contribution is 2.30. The predicted molar refractivity (Wildman–Crippen MR) is 153 cm³/mol. The molecule has 2 aromatic heterocycles. The zero-order valence-electron chi connectivity index (χ0n) is 23.0. The highest BCUT2D eigenvalue weighted by molar-refractivity contribution is 5.98. The number of hydrogen-bond donors (Lipinski definition) is 4. The smallest absolute Gasteiger partial charge is 0.260 e. The molecule has 0 bridgehead atoms. The zero-order chi connectivity index (χ0) is 31.0. The summed E-state index contributed by atoms with van der Waals surface area (Å²) in [6, 6.07) is 15.9. The van der Waals surface area contributed by atoms with E-state index in [1.54, 1.807) is 30.3 Å². The SMILES string of the molecule is Nc1noc2cc(CC(O)(CNC(=O)c3ccccc3O)[C@H]3OCCN(c4nn(-c5ccc(F)cc5)cc4F)C3=O)ccc12. The lowest BCUT2D eigenvalue weighted by Gasteiger charge is -2.40. The van der Waals surface area contributed by atoms with E-state index in [1.807, 2.05) is 0 Å². The molecule has 226 valence electrons. The van der Waals surface area contributed by atoms with Crippen LogP contribution in [0.1, 0.15) is 15.9 Å². The van der Waals surface area contributed by atoms with Crippen molar-refractivity contribution in [3.8, 4) is 11.4 Å². The van der Waals surface area contributed by atoms with E-state index in [-0.39, 0.29) is 42.5 Å². The Morgan fingerprint density at radius 1 is 1.14 bits per heavy atom. The van der Waals surface area contributed by atoms with E-state index >= 15 is 4.39 Å². The zero-order valence-corrected chi connectivity index (χ0v) is 23.0. The number of halogens is 2. The van der Waals surface area contributed by atoms with E-state index in [1.165, 1.54) is 41.1 Å². The van der Waals surface area contributed by atoms with Crippen LogP contribution in [0.25, 0.3) is 16.7 Å². The van der Waals surface area contributed by atoms with Gasteiger partial charge in [-0.1, -0.05) is 23.4 Å². The van der Waals surface area contributed by atoms with Gasteiger partial charge in [0.1, 0.15) is 17.2 Å². The normalized spacial score (nSPS) is 16.7. The molecule has 2 amide bonds. The van der Waals surface area contributed by atoms with E-state index in [0.717, 1.165) is 11.1 Å². The van der Waals surface area contributed by atoms with Crippen LogP contribution in [0.15, 0.2) is 77.4 Å². The Kier molecular flexibility index (Phi) is 7.45. The van der Waals surface area contributed by atoms with E-state index in [9.17, 15) is 24.2 Å². The summed E-state index contributed by atoms with van der Waals surface area (Å²) in [4.78, 5) is 27.9. The fourth-order valence-electron chi connectivity index (χ4n) is 5.14. The number of fused-ring (bicyclic) bond motifs is 1. The third-order valence-electron chi connectivity index (χ3n) is 7.35. The van der Waals surface area contributed by atoms with Crippen LogP contribution in [-0.4, -0.2) is 68.4 Å². The molecule has 1 saturated heterocycles. The Bertz CT molecular complexity index is 1860. The van der Waals surface area contributed by atoms with Gasteiger partial charge >= 0.3 is 0 Å². The molecule has 0 aliphatic carbocycles. The van der Waals surface area contributed by atoms with Gasteiger partial charge in [0.25, 0.3) is 11.8 Å². The number of aromatic hydroxyl groups is 1. The van der Waals surface area contributed by atoms with Crippen molar-refractivity contribution in [2.24, 2.45) is 0 Å². The van der Waals surface area contributed by atoms with Crippen LogP contribution in [0.2, 0.25) is 0 Å². The lowest BCUT2D eigenvalue weighted by Crippen LogP contribution is -2.63. The van der Waals surface area contributed by atoms with Crippen molar-refractivity contribution in [2.75, 3.05) is 30.3 Å². The number of morpholine rings is 1. The highest BCUT2D eigenvalue weighted by atomic mass is 19.1. The number of para-hydroxylation sites is 1. The van der Waals surface area contributed by atoms with Crippen LogP contribution in [0.3, 0.4) is 0 Å². The molecule has 1 aliphatic rings. The van der Waals surface area contributed by atoms with Gasteiger partial charge in [0, 0.05) is 6.42 Å². The minimum absolute atomic E-state index is 0.0423.